The van der Waals surface area contributed by atoms with Gasteiger partial charge in [-0.1, -0.05) is 18.2 Å². The van der Waals surface area contributed by atoms with E-state index in [9.17, 15) is 9.18 Å². The molecule has 0 bridgehead atoms. The zero-order valence-corrected chi connectivity index (χ0v) is 12.2. The van der Waals surface area contributed by atoms with Crippen LogP contribution >= 0.6 is 0 Å². The standard InChI is InChI=1S/C17H19FN2O/c1-12-11-14(7-8-16(12)19-2)17(21)20-10-9-13-5-3-4-6-15(13)18/h3-8,11,19H,9-10H2,1-2H3,(H,20,21). The van der Waals surface area contributed by atoms with E-state index in [1.807, 2.05) is 26.1 Å². The summed E-state index contributed by atoms with van der Waals surface area (Å²) in [5.41, 5.74) is 3.23. The van der Waals surface area contributed by atoms with Crippen LogP contribution in [0.4, 0.5) is 10.1 Å². The van der Waals surface area contributed by atoms with Gasteiger partial charge in [0.25, 0.3) is 5.91 Å². The first kappa shape index (κ1) is 15.0. The third-order valence-corrected chi connectivity index (χ3v) is 3.40. The number of aryl methyl sites for hydroxylation is 1. The van der Waals surface area contributed by atoms with Gasteiger partial charge >= 0.3 is 0 Å². The molecule has 0 saturated heterocycles. The fourth-order valence-electron chi connectivity index (χ4n) is 2.20. The Morgan fingerprint density at radius 1 is 1.19 bits per heavy atom. The summed E-state index contributed by atoms with van der Waals surface area (Å²) in [4.78, 5) is 12.0. The number of hydrogen-bond donors (Lipinski definition) is 2. The Hall–Kier alpha value is -2.36. The van der Waals surface area contributed by atoms with Gasteiger partial charge in [-0.05, 0) is 48.7 Å². The van der Waals surface area contributed by atoms with Crippen LogP contribution in [0.15, 0.2) is 42.5 Å². The molecule has 0 aliphatic carbocycles. The molecule has 0 atom stereocenters. The average molecular weight is 286 g/mol. The van der Waals surface area contributed by atoms with Crippen LogP contribution in [0.1, 0.15) is 21.5 Å². The van der Waals surface area contributed by atoms with Crippen LogP contribution in [0, 0.1) is 12.7 Å². The monoisotopic (exact) mass is 286 g/mol. The van der Waals surface area contributed by atoms with E-state index >= 15 is 0 Å². The lowest BCUT2D eigenvalue weighted by Gasteiger charge is -2.09. The van der Waals surface area contributed by atoms with E-state index < -0.39 is 0 Å². The summed E-state index contributed by atoms with van der Waals surface area (Å²) in [6, 6.07) is 12.1. The Morgan fingerprint density at radius 3 is 2.62 bits per heavy atom. The summed E-state index contributed by atoms with van der Waals surface area (Å²) in [6.07, 6.45) is 0.478. The van der Waals surface area contributed by atoms with Crippen molar-refractivity contribution < 1.29 is 9.18 Å². The van der Waals surface area contributed by atoms with E-state index in [4.69, 9.17) is 0 Å². The van der Waals surface area contributed by atoms with Crippen LogP contribution in [-0.4, -0.2) is 19.5 Å². The van der Waals surface area contributed by atoms with Gasteiger partial charge in [-0.3, -0.25) is 4.79 Å². The van der Waals surface area contributed by atoms with Crippen molar-refractivity contribution in [1.82, 2.24) is 5.32 Å². The molecule has 4 heteroatoms. The van der Waals surface area contributed by atoms with Crippen molar-refractivity contribution >= 4 is 11.6 Å². The number of carbonyl (C=O) groups excluding carboxylic acids is 1. The summed E-state index contributed by atoms with van der Waals surface area (Å²) < 4.78 is 13.5. The highest BCUT2D eigenvalue weighted by atomic mass is 19.1. The second-order valence-corrected chi connectivity index (χ2v) is 4.88. The average Bonchev–Trinajstić information content (AvgIpc) is 2.49. The highest BCUT2D eigenvalue weighted by Crippen LogP contribution is 2.15. The summed E-state index contributed by atoms with van der Waals surface area (Å²) in [5, 5.41) is 5.87. The molecule has 2 aromatic carbocycles. The molecule has 0 aromatic heterocycles. The number of nitrogens with one attached hydrogen (secondary N) is 2. The fraction of sp³-hybridized carbons (Fsp3) is 0.235. The Kier molecular flexibility index (Phi) is 4.93. The quantitative estimate of drug-likeness (QED) is 0.886. The van der Waals surface area contributed by atoms with Gasteiger partial charge < -0.3 is 10.6 Å². The van der Waals surface area contributed by atoms with Crippen LogP contribution < -0.4 is 10.6 Å². The van der Waals surface area contributed by atoms with Gasteiger partial charge in [0.05, 0.1) is 0 Å². The van der Waals surface area contributed by atoms with Crippen molar-refractivity contribution in [2.75, 3.05) is 18.9 Å². The van der Waals surface area contributed by atoms with Crippen molar-refractivity contribution in [3.63, 3.8) is 0 Å². The van der Waals surface area contributed by atoms with Crippen molar-refractivity contribution in [3.8, 4) is 0 Å². The van der Waals surface area contributed by atoms with Gasteiger partial charge in [-0.25, -0.2) is 4.39 Å². The minimum Gasteiger partial charge on any atom is -0.388 e. The van der Waals surface area contributed by atoms with Gasteiger partial charge in [-0.2, -0.15) is 0 Å². The predicted molar refractivity (Wildman–Crippen MR) is 83.2 cm³/mol. The molecular formula is C17H19FN2O. The van der Waals surface area contributed by atoms with Crippen LogP contribution in [0.5, 0.6) is 0 Å². The molecule has 0 radical (unpaired) electrons. The maximum Gasteiger partial charge on any atom is 0.251 e. The third kappa shape index (κ3) is 3.81. The van der Waals surface area contributed by atoms with Gasteiger partial charge in [0.2, 0.25) is 0 Å². The smallest absolute Gasteiger partial charge is 0.251 e. The molecule has 2 rings (SSSR count). The van der Waals surface area contributed by atoms with E-state index in [0.29, 0.717) is 24.1 Å². The third-order valence-electron chi connectivity index (χ3n) is 3.40. The summed E-state index contributed by atoms with van der Waals surface area (Å²) in [5.74, 6) is -0.377. The minimum absolute atomic E-state index is 0.142. The van der Waals surface area contributed by atoms with E-state index in [1.54, 1.807) is 24.3 Å². The molecule has 3 nitrogen and oxygen atoms in total. The fourth-order valence-corrected chi connectivity index (χ4v) is 2.20. The zero-order valence-electron chi connectivity index (χ0n) is 12.2. The molecular weight excluding hydrogens is 267 g/mol. The number of hydrogen-bond acceptors (Lipinski definition) is 2. The first-order valence-electron chi connectivity index (χ1n) is 6.92. The highest BCUT2D eigenvalue weighted by Gasteiger charge is 2.07. The predicted octanol–water partition coefficient (Wildman–Crippen LogP) is 3.15. The van der Waals surface area contributed by atoms with Crippen LogP contribution in [0.3, 0.4) is 0 Å². The largest absolute Gasteiger partial charge is 0.388 e. The van der Waals surface area contributed by atoms with Gasteiger partial charge in [0.15, 0.2) is 0 Å². The van der Waals surface area contributed by atoms with Crippen molar-refractivity contribution in [3.05, 3.63) is 65.0 Å². The van der Waals surface area contributed by atoms with Crippen molar-refractivity contribution in [2.45, 2.75) is 13.3 Å². The number of carbonyl (C=O) groups is 1. The van der Waals surface area contributed by atoms with E-state index in [2.05, 4.69) is 10.6 Å². The Labute approximate surface area is 124 Å². The SMILES string of the molecule is CNc1ccc(C(=O)NCCc2ccccc2F)cc1C. The second kappa shape index (κ2) is 6.88. The van der Waals surface area contributed by atoms with Crippen LogP contribution in [0.25, 0.3) is 0 Å². The number of rotatable bonds is 5. The number of halogens is 1. The van der Waals surface area contributed by atoms with E-state index in [1.165, 1.54) is 6.07 Å². The van der Waals surface area contributed by atoms with E-state index in [0.717, 1.165) is 11.3 Å². The van der Waals surface area contributed by atoms with Gasteiger partial charge in [0.1, 0.15) is 5.82 Å². The molecule has 2 N–H and O–H groups in total. The topological polar surface area (TPSA) is 41.1 Å². The molecule has 2 aromatic rings. The normalized spacial score (nSPS) is 10.2. The summed E-state index contributed by atoms with van der Waals surface area (Å²) >= 11 is 0. The molecule has 0 spiro atoms. The number of anilines is 1. The Morgan fingerprint density at radius 2 is 1.95 bits per heavy atom. The molecule has 0 saturated carbocycles. The molecule has 0 heterocycles. The Balaban J connectivity index is 1.93. The highest BCUT2D eigenvalue weighted by molar-refractivity contribution is 5.94. The molecule has 0 aliphatic heterocycles. The minimum atomic E-state index is -0.235. The zero-order chi connectivity index (χ0) is 15.2. The molecule has 21 heavy (non-hydrogen) atoms. The lowest BCUT2D eigenvalue weighted by Crippen LogP contribution is -2.26. The Bertz CT molecular complexity index is 640. The summed E-state index contributed by atoms with van der Waals surface area (Å²) in [6.45, 7) is 2.36. The molecule has 110 valence electrons. The number of benzene rings is 2. The first-order chi connectivity index (χ1) is 10.1. The maximum atomic E-state index is 13.5. The van der Waals surface area contributed by atoms with Crippen molar-refractivity contribution in [1.29, 1.82) is 0 Å². The molecule has 1 amide bonds. The number of amides is 1. The summed E-state index contributed by atoms with van der Waals surface area (Å²) in [7, 11) is 1.84. The lowest BCUT2D eigenvalue weighted by atomic mass is 10.1. The van der Waals surface area contributed by atoms with E-state index in [-0.39, 0.29) is 11.7 Å². The second-order valence-electron chi connectivity index (χ2n) is 4.88. The molecule has 0 fully saturated rings. The maximum absolute atomic E-state index is 13.5. The lowest BCUT2D eigenvalue weighted by molar-refractivity contribution is 0.0954. The van der Waals surface area contributed by atoms with Crippen LogP contribution in [-0.2, 0) is 6.42 Å². The first-order valence-corrected chi connectivity index (χ1v) is 6.92. The van der Waals surface area contributed by atoms with Gasteiger partial charge in [0, 0.05) is 24.8 Å². The molecule has 0 aliphatic rings. The van der Waals surface area contributed by atoms with Crippen molar-refractivity contribution in [2.24, 2.45) is 0 Å². The molecule has 0 unspecified atom stereocenters. The van der Waals surface area contributed by atoms with Crippen LogP contribution in [0.2, 0.25) is 0 Å². The van der Waals surface area contributed by atoms with Gasteiger partial charge in [-0.15, -0.1) is 0 Å².